The summed E-state index contributed by atoms with van der Waals surface area (Å²) in [5, 5.41) is 0. The van der Waals surface area contributed by atoms with Crippen LogP contribution in [0.2, 0.25) is 0 Å². The van der Waals surface area contributed by atoms with Gasteiger partial charge in [0.2, 0.25) is 15.9 Å². The number of carbonyl (C=O) groups is 1. The van der Waals surface area contributed by atoms with E-state index in [2.05, 4.69) is 20.7 Å². The van der Waals surface area contributed by atoms with Crippen molar-refractivity contribution in [1.82, 2.24) is 9.62 Å². The molecule has 1 unspecified atom stereocenters. The number of aryl methyl sites for hydroxylation is 1. The average molecular weight is 381 g/mol. The predicted molar refractivity (Wildman–Crippen MR) is 82.4 cm³/mol. The number of nitrogens with zero attached hydrogens (tertiary/aromatic N) is 1. The van der Waals surface area contributed by atoms with Crippen molar-refractivity contribution in [3.05, 3.63) is 14.7 Å². The highest BCUT2D eigenvalue weighted by Crippen LogP contribution is 2.29. The Balaban J connectivity index is 2.11. The van der Waals surface area contributed by atoms with E-state index in [-0.39, 0.29) is 10.8 Å². The summed E-state index contributed by atoms with van der Waals surface area (Å²) >= 11 is 4.63. The fourth-order valence-corrected chi connectivity index (χ4v) is 5.87. The molecular formula is C12H17BrN2O3S2. The van der Waals surface area contributed by atoms with Gasteiger partial charge >= 0.3 is 0 Å². The van der Waals surface area contributed by atoms with Crippen LogP contribution in [0.5, 0.6) is 0 Å². The molecule has 8 heteroatoms. The molecule has 0 aromatic carbocycles. The van der Waals surface area contributed by atoms with Gasteiger partial charge in [-0.1, -0.05) is 0 Å². The van der Waals surface area contributed by atoms with E-state index in [9.17, 15) is 13.2 Å². The molecule has 1 atom stereocenters. The molecule has 0 aliphatic carbocycles. The van der Waals surface area contributed by atoms with Gasteiger partial charge in [0.25, 0.3) is 0 Å². The molecule has 112 valence electrons. The molecule has 1 amide bonds. The largest absolute Gasteiger partial charge is 0.341 e. The molecule has 0 saturated carbocycles. The molecule has 1 aliphatic rings. The first-order valence-electron chi connectivity index (χ1n) is 6.38. The van der Waals surface area contributed by atoms with Crippen molar-refractivity contribution >= 4 is 43.2 Å². The summed E-state index contributed by atoms with van der Waals surface area (Å²) in [5.74, 6) is -0.155. The van der Waals surface area contributed by atoms with Crippen molar-refractivity contribution in [3.8, 4) is 0 Å². The average Bonchev–Trinajstić information content (AvgIpc) is 2.97. The number of halogens is 1. The fraction of sp³-hybridized carbons (Fsp3) is 0.583. The number of carbonyl (C=O) groups excluding carboxylic acids is 1. The Morgan fingerprint density at radius 2 is 2.05 bits per heavy atom. The van der Waals surface area contributed by atoms with Crippen molar-refractivity contribution in [2.45, 2.75) is 37.6 Å². The van der Waals surface area contributed by atoms with E-state index in [4.69, 9.17) is 0 Å². The number of nitrogens with one attached hydrogen (secondary N) is 1. The molecule has 20 heavy (non-hydrogen) atoms. The zero-order valence-corrected chi connectivity index (χ0v) is 14.6. The van der Waals surface area contributed by atoms with Gasteiger partial charge < -0.3 is 4.90 Å². The number of hydrogen-bond acceptors (Lipinski definition) is 4. The van der Waals surface area contributed by atoms with Crippen LogP contribution in [0.4, 0.5) is 0 Å². The zero-order chi connectivity index (χ0) is 14.9. The molecule has 5 nitrogen and oxygen atoms in total. The lowest BCUT2D eigenvalue weighted by atomic mass is 10.3. The van der Waals surface area contributed by atoms with Crippen LogP contribution in [0.1, 0.15) is 24.6 Å². The molecule has 0 spiro atoms. The first kappa shape index (κ1) is 15.9. The number of thiophene rings is 1. The van der Waals surface area contributed by atoms with Gasteiger partial charge in [-0.2, -0.15) is 4.72 Å². The van der Waals surface area contributed by atoms with Crippen LogP contribution >= 0.6 is 27.3 Å². The summed E-state index contributed by atoms with van der Waals surface area (Å²) in [6.07, 6.45) is 1.98. The van der Waals surface area contributed by atoms with Crippen LogP contribution in [0.3, 0.4) is 0 Å². The minimum atomic E-state index is -3.66. The fourth-order valence-electron chi connectivity index (χ4n) is 2.26. The summed E-state index contributed by atoms with van der Waals surface area (Å²) in [4.78, 5) is 14.8. The standard InChI is InChI=1S/C12H17BrN2O3S2/c1-8(12(16)15-5-3-4-6-15)14-20(17,18)10-7-11(13)19-9(10)2/h7-8,14H,3-6H2,1-2H3. The molecule has 0 radical (unpaired) electrons. The quantitative estimate of drug-likeness (QED) is 0.869. The Labute approximate surface area is 131 Å². The van der Waals surface area contributed by atoms with Crippen molar-refractivity contribution < 1.29 is 13.2 Å². The summed E-state index contributed by atoms with van der Waals surface area (Å²) in [7, 11) is -3.66. The van der Waals surface area contributed by atoms with Gasteiger partial charge in [0.05, 0.1) is 14.7 Å². The van der Waals surface area contributed by atoms with Crippen molar-refractivity contribution in [3.63, 3.8) is 0 Å². The van der Waals surface area contributed by atoms with Crippen LogP contribution in [-0.4, -0.2) is 38.4 Å². The minimum absolute atomic E-state index is 0.155. The Morgan fingerprint density at radius 1 is 1.45 bits per heavy atom. The minimum Gasteiger partial charge on any atom is -0.341 e. The lowest BCUT2D eigenvalue weighted by Crippen LogP contribution is -2.45. The van der Waals surface area contributed by atoms with E-state index in [1.165, 1.54) is 11.3 Å². The predicted octanol–water partition coefficient (Wildman–Crippen LogP) is 2.11. The van der Waals surface area contributed by atoms with E-state index in [1.54, 1.807) is 24.8 Å². The van der Waals surface area contributed by atoms with E-state index < -0.39 is 16.1 Å². The van der Waals surface area contributed by atoms with Gasteiger partial charge in [-0.05, 0) is 48.7 Å². The lowest BCUT2D eigenvalue weighted by Gasteiger charge is -2.21. The second-order valence-electron chi connectivity index (χ2n) is 4.85. The van der Waals surface area contributed by atoms with Gasteiger partial charge in [0, 0.05) is 18.0 Å². The maximum Gasteiger partial charge on any atom is 0.242 e. The Morgan fingerprint density at radius 3 is 2.55 bits per heavy atom. The molecular weight excluding hydrogens is 364 g/mol. The van der Waals surface area contributed by atoms with Crippen LogP contribution in [-0.2, 0) is 14.8 Å². The Kier molecular flexibility index (Phi) is 4.88. The highest BCUT2D eigenvalue weighted by Gasteiger charge is 2.28. The molecule has 2 rings (SSSR count). The van der Waals surface area contributed by atoms with Crippen LogP contribution in [0, 0.1) is 6.92 Å². The van der Waals surface area contributed by atoms with E-state index in [0.717, 1.165) is 16.6 Å². The highest BCUT2D eigenvalue weighted by atomic mass is 79.9. The maximum atomic E-state index is 12.3. The van der Waals surface area contributed by atoms with Gasteiger partial charge in [-0.15, -0.1) is 11.3 Å². The van der Waals surface area contributed by atoms with E-state index in [1.807, 2.05) is 0 Å². The third kappa shape index (κ3) is 3.41. The van der Waals surface area contributed by atoms with E-state index >= 15 is 0 Å². The van der Waals surface area contributed by atoms with Gasteiger partial charge in [-0.25, -0.2) is 8.42 Å². The molecule has 1 aliphatic heterocycles. The molecule has 1 aromatic rings. The number of likely N-dealkylation sites (tertiary alicyclic amines) is 1. The lowest BCUT2D eigenvalue weighted by molar-refractivity contribution is -0.131. The number of sulfonamides is 1. The summed E-state index contributed by atoms with van der Waals surface area (Å²) in [6.45, 7) is 4.77. The molecule has 1 saturated heterocycles. The normalized spacial score (nSPS) is 17.4. The van der Waals surface area contributed by atoms with Gasteiger partial charge in [0.15, 0.2) is 0 Å². The molecule has 2 heterocycles. The molecule has 1 N–H and O–H groups in total. The number of amides is 1. The van der Waals surface area contributed by atoms with E-state index in [0.29, 0.717) is 18.0 Å². The first-order valence-corrected chi connectivity index (χ1v) is 9.47. The summed E-state index contributed by atoms with van der Waals surface area (Å²) < 4.78 is 27.8. The Bertz CT molecular complexity index is 606. The van der Waals surface area contributed by atoms with Crippen LogP contribution in [0.25, 0.3) is 0 Å². The second kappa shape index (κ2) is 6.13. The van der Waals surface area contributed by atoms with Gasteiger partial charge in [0.1, 0.15) is 0 Å². The SMILES string of the molecule is Cc1sc(Br)cc1S(=O)(=O)NC(C)C(=O)N1CCCC1. The molecule has 0 bridgehead atoms. The maximum absolute atomic E-state index is 12.3. The highest BCUT2D eigenvalue weighted by molar-refractivity contribution is 9.11. The summed E-state index contributed by atoms with van der Waals surface area (Å²) in [6, 6.07) is 0.825. The van der Waals surface area contributed by atoms with Gasteiger partial charge in [-0.3, -0.25) is 4.79 Å². The summed E-state index contributed by atoms with van der Waals surface area (Å²) in [5.41, 5.74) is 0. The first-order chi connectivity index (χ1) is 9.31. The number of hydrogen-bond donors (Lipinski definition) is 1. The van der Waals surface area contributed by atoms with Crippen molar-refractivity contribution in [1.29, 1.82) is 0 Å². The topological polar surface area (TPSA) is 66.5 Å². The van der Waals surface area contributed by atoms with Crippen molar-refractivity contribution in [2.24, 2.45) is 0 Å². The monoisotopic (exact) mass is 380 g/mol. The van der Waals surface area contributed by atoms with Crippen LogP contribution < -0.4 is 4.72 Å². The third-order valence-corrected chi connectivity index (χ3v) is 6.60. The molecule has 1 aromatic heterocycles. The zero-order valence-electron chi connectivity index (χ0n) is 11.3. The van der Waals surface area contributed by atoms with Crippen molar-refractivity contribution in [2.75, 3.05) is 13.1 Å². The number of rotatable bonds is 4. The smallest absolute Gasteiger partial charge is 0.242 e. The Hall–Kier alpha value is -0.440. The third-order valence-electron chi connectivity index (χ3n) is 3.25. The van der Waals surface area contributed by atoms with Crippen LogP contribution in [0.15, 0.2) is 14.7 Å². The second-order valence-corrected chi connectivity index (χ2v) is 9.16. The molecule has 1 fully saturated rings.